The molecule has 2 aromatic carbocycles. The van der Waals surface area contributed by atoms with E-state index in [9.17, 15) is 4.79 Å². The van der Waals surface area contributed by atoms with Crippen LogP contribution in [-0.4, -0.2) is 16.4 Å². The summed E-state index contributed by atoms with van der Waals surface area (Å²) in [5.41, 5.74) is 2.49. The third kappa shape index (κ3) is 1.73. The van der Waals surface area contributed by atoms with E-state index in [1.54, 1.807) is 6.07 Å². The fraction of sp³-hybridized carbons (Fsp3) is 0. The van der Waals surface area contributed by atoms with Gasteiger partial charge in [-0.1, -0.05) is 36.4 Å². The number of carbonyl (C=O) groups excluding carboxylic acids is 1. The van der Waals surface area contributed by atoms with Gasteiger partial charge >= 0.3 is 0 Å². The molecule has 0 fully saturated rings. The third-order valence-corrected chi connectivity index (χ3v) is 2.70. The molecule has 1 heterocycles. The molecule has 0 unspecified atom stereocenters. The number of hydrogen-bond donors (Lipinski definition) is 1. The maximum atomic E-state index is 10.4. The first-order valence-electron chi connectivity index (χ1n) is 5.53. The van der Waals surface area contributed by atoms with Crippen molar-refractivity contribution in [2.75, 3.05) is 0 Å². The molecule has 88 valence electrons. The Bertz CT molecular complexity index is 689. The zero-order chi connectivity index (χ0) is 12.4. The second kappa shape index (κ2) is 4.33. The summed E-state index contributed by atoms with van der Waals surface area (Å²) >= 11 is 0. The van der Waals surface area contributed by atoms with Crippen molar-refractivity contribution in [3.63, 3.8) is 0 Å². The number of aromatic nitrogens is 2. The minimum atomic E-state index is 0.408. The van der Waals surface area contributed by atoms with Crippen LogP contribution in [-0.2, 0) is 4.79 Å². The van der Waals surface area contributed by atoms with Crippen LogP contribution in [0.1, 0.15) is 0 Å². The largest absolute Gasteiger partial charge is 0.426 e. The number of para-hydroxylation sites is 1. The van der Waals surface area contributed by atoms with Crippen LogP contribution < -0.4 is 4.74 Å². The molecular weight excluding hydrogens is 228 g/mol. The van der Waals surface area contributed by atoms with Crippen LogP contribution in [0.25, 0.3) is 22.4 Å². The molecule has 0 saturated carbocycles. The molecule has 0 spiro atoms. The highest BCUT2D eigenvalue weighted by molar-refractivity contribution is 5.85. The fourth-order valence-corrected chi connectivity index (χ4v) is 1.89. The maximum absolute atomic E-state index is 10.4. The van der Waals surface area contributed by atoms with Gasteiger partial charge < -0.3 is 9.72 Å². The molecule has 0 saturated heterocycles. The number of fused-ring (bicyclic) bond motifs is 1. The summed E-state index contributed by atoms with van der Waals surface area (Å²) in [5.74, 6) is 1.22. The summed E-state index contributed by atoms with van der Waals surface area (Å²) in [6.07, 6.45) is 0. The Kier molecular flexibility index (Phi) is 2.53. The van der Waals surface area contributed by atoms with Crippen LogP contribution in [0, 0.1) is 0 Å². The predicted molar refractivity (Wildman–Crippen MR) is 68.2 cm³/mol. The number of imidazole rings is 1. The molecule has 0 aliphatic heterocycles. The number of nitrogens with one attached hydrogen (secondary N) is 1. The van der Waals surface area contributed by atoms with E-state index in [2.05, 4.69) is 9.97 Å². The van der Waals surface area contributed by atoms with E-state index in [4.69, 9.17) is 4.74 Å². The second-order valence-corrected chi connectivity index (χ2v) is 3.82. The van der Waals surface area contributed by atoms with Crippen molar-refractivity contribution in [2.24, 2.45) is 0 Å². The number of hydrogen-bond acceptors (Lipinski definition) is 3. The Morgan fingerprint density at radius 2 is 1.89 bits per heavy atom. The van der Waals surface area contributed by atoms with Crippen LogP contribution in [0.4, 0.5) is 0 Å². The topological polar surface area (TPSA) is 55.0 Å². The molecule has 1 aromatic heterocycles. The zero-order valence-corrected chi connectivity index (χ0v) is 9.46. The Morgan fingerprint density at radius 3 is 2.67 bits per heavy atom. The van der Waals surface area contributed by atoms with E-state index in [1.807, 2.05) is 42.5 Å². The predicted octanol–water partition coefficient (Wildman–Crippen LogP) is 2.77. The number of H-pyrrole nitrogens is 1. The molecule has 1 N–H and O–H groups in total. The quantitative estimate of drug-likeness (QED) is 0.714. The van der Waals surface area contributed by atoms with E-state index >= 15 is 0 Å². The van der Waals surface area contributed by atoms with Gasteiger partial charge in [-0.2, -0.15) is 0 Å². The van der Waals surface area contributed by atoms with E-state index < -0.39 is 0 Å². The van der Waals surface area contributed by atoms with Gasteiger partial charge in [0.1, 0.15) is 11.3 Å². The standard InChI is InChI=1S/C14H10N2O2/c17-9-18-12-8-4-7-11-13(12)16-14(15-11)10-5-2-1-3-6-10/h1-9H,(H,15,16). The van der Waals surface area contributed by atoms with Gasteiger partial charge in [0, 0.05) is 5.56 Å². The van der Waals surface area contributed by atoms with Crippen LogP contribution in [0.15, 0.2) is 48.5 Å². The highest BCUT2D eigenvalue weighted by Gasteiger charge is 2.09. The highest BCUT2D eigenvalue weighted by Crippen LogP contribution is 2.26. The van der Waals surface area contributed by atoms with Gasteiger partial charge in [0.05, 0.1) is 5.52 Å². The van der Waals surface area contributed by atoms with Crippen LogP contribution >= 0.6 is 0 Å². The number of carbonyl (C=O) groups is 1. The molecule has 0 aliphatic carbocycles. The molecule has 3 rings (SSSR count). The van der Waals surface area contributed by atoms with Crippen molar-refractivity contribution in [3.05, 3.63) is 48.5 Å². The summed E-state index contributed by atoms with van der Waals surface area (Å²) in [6, 6.07) is 15.2. The Labute approximate surface area is 103 Å². The van der Waals surface area contributed by atoms with E-state index in [1.165, 1.54) is 0 Å². The monoisotopic (exact) mass is 238 g/mol. The molecule has 18 heavy (non-hydrogen) atoms. The minimum Gasteiger partial charge on any atom is -0.426 e. The van der Waals surface area contributed by atoms with Gasteiger partial charge in [-0.15, -0.1) is 0 Å². The molecule has 0 aliphatic rings. The molecule has 0 bridgehead atoms. The summed E-state index contributed by atoms with van der Waals surface area (Å²) < 4.78 is 4.91. The minimum absolute atomic E-state index is 0.408. The van der Waals surface area contributed by atoms with Gasteiger partial charge in [-0.05, 0) is 12.1 Å². The van der Waals surface area contributed by atoms with Crippen LogP contribution in [0.3, 0.4) is 0 Å². The first-order chi connectivity index (χ1) is 8.88. The lowest BCUT2D eigenvalue weighted by molar-refractivity contribution is -0.120. The number of ether oxygens (including phenoxy) is 1. The lowest BCUT2D eigenvalue weighted by atomic mass is 10.2. The Morgan fingerprint density at radius 1 is 1.06 bits per heavy atom. The lowest BCUT2D eigenvalue weighted by Crippen LogP contribution is -1.89. The first-order valence-corrected chi connectivity index (χ1v) is 5.53. The SMILES string of the molecule is O=COc1cccc2[nH]c(-c3ccccc3)nc12. The molecule has 0 amide bonds. The van der Waals surface area contributed by atoms with Gasteiger partial charge in [0.2, 0.25) is 0 Å². The van der Waals surface area contributed by atoms with Gasteiger partial charge in [0.15, 0.2) is 5.75 Å². The Hall–Kier alpha value is -2.62. The normalized spacial score (nSPS) is 10.4. The summed E-state index contributed by atoms with van der Waals surface area (Å²) in [6.45, 7) is 0.408. The smallest absolute Gasteiger partial charge is 0.298 e. The maximum Gasteiger partial charge on any atom is 0.298 e. The summed E-state index contributed by atoms with van der Waals surface area (Å²) in [7, 11) is 0. The zero-order valence-electron chi connectivity index (χ0n) is 9.46. The second-order valence-electron chi connectivity index (χ2n) is 3.82. The Balaban J connectivity index is 2.17. The van der Waals surface area contributed by atoms with E-state index in [0.29, 0.717) is 17.7 Å². The highest BCUT2D eigenvalue weighted by atomic mass is 16.5. The molecule has 0 radical (unpaired) electrons. The number of aromatic amines is 1. The van der Waals surface area contributed by atoms with Crippen molar-refractivity contribution in [1.82, 2.24) is 9.97 Å². The molecule has 3 aromatic rings. The average Bonchev–Trinajstić information content (AvgIpc) is 2.85. The van der Waals surface area contributed by atoms with Crippen molar-refractivity contribution >= 4 is 17.5 Å². The summed E-state index contributed by atoms with van der Waals surface area (Å²) in [4.78, 5) is 18.1. The van der Waals surface area contributed by atoms with Crippen molar-refractivity contribution in [2.45, 2.75) is 0 Å². The first kappa shape index (κ1) is 10.5. The van der Waals surface area contributed by atoms with E-state index in [-0.39, 0.29) is 0 Å². The number of benzene rings is 2. The summed E-state index contributed by atoms with van der Waals surface area (Å²) in [5, 5.41) is 0. The van der Waals surface area contributed by atoms with Crippen LogP contribution in [0.2, 0.25) is 0 Å². The van der Waals surface area contributed by atoms with Crippen LogP contribution in [0.5, 0.6) is 5.75 Å². The van der Waals surface area contributed by atoms with Crippen molar-refractivity contribution in [1.29, 1.82) is 0 Å². The van der Waals surface area contributed by atoms with Gasteiger partial charge in [-0.3, -0.25) is 4.79 Å². The van der Waals surface area contributed by atoms with Crippen molar-refractivity contribution in [3.8, 4) is 17.1 Å². The molecule has 0 atom stereocenters. The molecule has 4 heteroatoms. The lowest BCUT2D eigenvalue weighted by Gasteiger charge is -1.96. The number of nitrogens with zero attached hydrogens (tertiary/aromatic N) is 1. The average molecular weight is 238 g/mol. The van der Waals surface area contributed by atoms with Gasteiger partial charge in [-0.25, -0.2) is 4.98 Å². The van der Waals surface area contributed by atoms with E-state index in [0.717, 1.165) is 16.9 Å². The van der Waals surface area contributed by atoms with Crippen molar-refractivity contribution < 1.29 is 9.53 Å². The molecule has 4 nitrogen and oxygen atoms in total. The van der Waals surface area contributed by atoms with Gasteiger partial charge in [0.25, 0.3) is 6.47 Å². The fourth-order valence-electron chi connectivity index (χ4n) is 1.89. The number of rotatable bonds is 3. The molecular formula is C14H10N2O2. The third-order valence-electron chi connectivity index (χ3n) is 2.70.